The summed E-state index contributed by atoms with van der Waals surface area (Å²) in [5.41, 5.74) is 0. The first-order valence-electron chi connectivity index (χ1n) is 6.44. The van der Waals surface area contributed by atoms with Gasteiger partial charge in [-0.15, -0.1) is 11.8 Å². The Bertz CT molecular complexity index is 319. The molecule has 1 nitrogen and oxygen atoms in total. The van der Waals surface area contributed by atoms with Crippen LogP contribution in [-0.2, 0) is 0 Å². The molecule has 3 heteroatoms. The van der Waals surface area contributed by atoms with Crippen LogP contribution in [0.3, 0.4) is 0 Å². The fourth-order valence-corrected chi connectivity index (χ4v) is 3.37. The van der Waals surface area contributed by atoms with Crippen molar-refractivity contribution >= 4 is 27.7 Å². The molecular formula is C14H20BrNS. The zero-order valence-corrected chi connectivity index (χ0v) is 12.5. The van der Waals surface area contributed by atoms with Crippen molar-refractivity contribution < 1.29 is 0 Å². The summed E-state index contributed by atoms with van der Waals surface area (Å²) in [6.07, 6.45) is 5.76. The molecule has 0 spiro atoms. The van der Waals surface area contributed by atoms with Gasteiger partial charge in [-0.05, 0) is 49.6 Å². The van der Waals surface area contributed by atoms with E-state index in [-0.39, 0.29) is 0 Å². The van der Waals surface area contributed by atoms with Crippen molar-refractivity contribution in [2.24, 2.45) is 5.92 Å². The number of benzene rings is 1. The molecule has 1 aromatic carbocycles. The number of nitrogens with one attached hydrogen (secondary N) is 1. The largest absolute Gasteiger partial charge is 0.316 e. The Labute approximate surface area is 117 Å². The monoisotopic (exact) mass is 313 g/mol. The van der Waals surface area contributed by atoms with Crippen molar-refractivity contribution in [3.63, 3.8) is 0 Å². The summed E-state index contributed by atoms with van der Waals surface area (Å²) in [6.45, 7) is 2.35. The van der Waals surface area contributed by atoms with Crippen LogP contribution in [0.1, 0.15) is 25.7 Å². The van der Waals surface area contributed by atoms with E-state index in [0.29, 0.717) is 0 Å². The maximum Gasteiger partial charge on any atom is 0.0176 e. The Kier molecular flexibility index (Phi) is 5.89. The minimum atomic E-state index is 0.952. The van der Waals surface area contributed by atoms with E-state index in [0.717, 1.165) is 22.7 Å². The molecule has 1 N–H and O–H groups in total. The average molecular weight is 314 g/mol. The Morgan fingerprint density at radius 1 is 1.18 bits per heavy atom. The van der Waals surface area contributed by atoms with Crippen LogP contribution in [0.4, 0.5) is 0 Å². The Balaban J connectivity index is 1.55. The smallest absolute Gasteiger partial charge is 0.0176 e. The van der Waals surface area contributed by atoms with Gasteiger partial charge in [0.2, 0.25) is 0 Å². The lowest BCUT2D eigenvalue weighted by Crippen LogP contribution is -2.23. The number of halogens is 1. The lowest BCUT2D eigenvalue weighted by Gasteiger charge is -2.10. The minimum Gasteiger partial charge on any atom is -0.316 e. The number of rotatable bonds is 6. The van der Waals surface area contributed by atoms with Crippen molar-refractivity contribution in [2.45, 2.75) is 30.6 Å². The van der Waals surface area contributed by atoms with Gasteiger partial charge in [0.05, 0.1) is 0 Å². The molecular weight excluding hydrogens is 294 g/mol. The second-order valence-electron chi connectivity index (χ2n) is 4.66. The van der Waals surface area contributed by atoms with Gasteiger partial charge >= 0.3 is 0 Å². The normalized spacial score (nSPS) is 16.5. The Morgan fingerprint density at radius 3 is 2.59 bits per heavy atom. The van der Waals surface area contributed by atoms with Crippen LogP contribution >= 0.6 is 27.7 Å². The summed E-state index contributed by atoms with van der Waals surface area (Å²) in [7, 11) is 0. The highest BCUT2D eigenvalue weighted by atomic mass is 79.9. The molecule has 0 amide bonds. The third kappa shape index (κ3) is 5.02. The lowest BCUT2D eigenvalue weighted by molar-refractivity contribution is 0.500. The molecule has 1 aliphatic carbocycles. The lowest BCUT2D eigenvalue weighted by atomic mass is 10.1. The fraction of sp³-hybridized carbons (Fsp3) is 0.571. The van der Waals surface area contributed by atoms with Crippen LogP contribution in [0, 0.1) is 5.92 Å². The van der Waals surface area contributed by atoms with E-state index in [2.05, 4.69) is 45.5 Å². The van der Waals surface area contributed by atoms with E-state index in [4.69, 9.17) is 0 Å². The van der Waals surface area contributed by atoms with Crippen LogP contribution in [0.5, 0.6) is 0 Å². The minimum absolute atomic E-state index is 0.952. The first kappa shape index (κ1) is 13.4. The predicted octanol–water partition coefficient (Wildman–Crippen LogP) is 4.32. The van der Waals surface area contributed by atoms with E-state index >= 15 is 0 Å². The zero-order chi connectivity index (χ0) is 11.9. The standard InChI is InChI=1S/C14H20BrNS/c15-13-5-7-14(8-6-13)17-10-9-16-11-12-3-1-2-4-12/h5-8,12,16H,1-4,9-11H2. The van der Waals surface area contributed by atoms with Crippen molar-refractivity contribution in [2.75, 3.05) is 18.8 Å². The van der Waals surface area contributed by atoms with Crippen LogP contribution in [0.2, 0.25) is 0 Å². The topological polar surface area (TPSA) is 12.0 Å². The third-order valence-electron chi connectivity index (χ3n) is 3.27. The number of hydrogen-bond acceptors (Lipinski definition) is 2. The van der Waals surface area contributed by atoms with Crippen LogP contribution in [-0.4, -0.2) is 18.8 Å². The summed E-state index contributed by atoms with van der Waals surface area (Å²) >= 11 is 5.38. The molecule has 1 fully saturated rings. The fourth-order valence-electron chi connectivity index (χ4n) is 2.29. The molecule has 0 atom stereocenters. The van der Waals surface area contributed by atoms with Gasteiger partial charge in [-0.2, -0.15) is 0 Å². The predicted molar refractivity (Wildman–Crippen MR) is 79.7 cm³/mol. The molecule has 0 radical (unpaired) electrons. The highest BCUT2D eigenvalue weighted by molar-refractivity contribution is 9.10. The van der Waals surface area contributed by atoms with Crippen LogP contribution in [0.15, 0.2) is 33.6 Å². The van der Waals surface area contributed by atoms with Crippen molar-refractivity contribution in [3.8, 4) is 0 Å². The molecule has 17 heavy (non-hydrogen) atoms. The maximum atomic E-state index is 3.58. The number of hydrogen-bond donors (Lipinski definition) is 1. The highest BCUT2D eigenvalue weighted by Crippen LogP contribution is 2.24. The van der Waals surface area contributed by atoms with Crippen molar-refractivity contribution in [3.05, 3.63) is 28.7 Å². The van der Waals surface area contributed by atoms with E-state index in [1.807, 2.05) is 11.8 Å². The van der Waals surface area contributed by atoms with Gasteiger partial charge in [0, 0.05) is 21.7 Å². The van der Waals surface area contributed by atoms with Gasteiger partial charge < -0.3 is 5.32 Å². The molecule has 1 aromatic rings. The van der Waals surface area contributed by atoms with Crippen LogP contribution < -0.4 is 5.32 Å². The second-order valence-corrected chi connectivity index (χ2v) is 6.74. The molecule has 0 bridgehead atoms. The van der Waals surface area contributed by atoms with Crippen molar-refractivity contribution in [1.29, 1.82) is 0 Å². The highest BCUT2D eigenvalue weighted by Gasteiger charge is 2.13. The average Bonchev–Trinajstić information content (AvgIpc) is 2.84. The zero-order valence-electron chi connectivity index (χ0n) is 10.1. The summed E-state index contributed by atoms with van der Waals surface area (Å²) in [4.78, 5) is 1.36. The van der Waals surface area contributed by atoms with Gasteiger partial charge in [-0.25, -0.2) is 0 Å². The Morgan fingerprint density at radius 2 is 1.88 bits per heavy atom. The SMILES string of the molecule is Brc1ccc(SCCNCC2CCCC2)cc1. The van der Waals surface area contributed by atoms with E-state index in [1.165, 1.54) is 37.1 Å². The van der Waals surface area contributed by atoms with Gasteiger partial charge in [0.25, 0.3) is 0 Å². The van der Waals surface area contributed by atoms with Gasteiger partial charge in [-0.3, -0.25) is 0 Å². The van der Waals surface area contributed by atoms with Gasteiger partial charge in [-0.1, -0.05) is 28.8 Å². The molecule has 2 rings (SSSR count). The first-order chi connectivity index (χ1) is 8.34. The van der Waals surface area contributed by atoms with Gasteiger partial charge in [0.1, 0.15) is 0 Å². The molecule has 94 valence electrons. The molecule has 0 saturated heterocycles. The molecule has 0 aromatic heterocycles. The molecule has 0 unspecified atom stereocenters. The number of thioether (sulfide) groups is 1. The molecule has 0 heterocycles. The Hall–Kier alpha value is 0.01000. The molecule has 0 aliphatic heterocycles. The molecule has 1 aliphatic rings. The van der Waals surface area contributed by atoms with Gasteiger partial charge in [0.15, 0.2) is 0 Å². The summed E-state index contributed by atoms with van der Waals surface area (Å²) < 4.78 is 1.15. The third-order valence-corrected chi connectivity index (χ3v) is 4.81. The second kappa shape index (κ2) is 7.45. The summed E-state index contributed by atoms with van der Waals surface area (Å²) in [6, 6.07) is 8.56. The summed E-state index contributed by atoms with van der Waals surface area (Å²) in [5.74, 6) is 2.11. The van der Waals surface area contributed by atoms with Crippen LogP contribution in [0.25, 0.3) is 0 Å². The van der Waals surface area contributed by atoms with E-state index < -0.39 is 0 Å². The first-order valence-corrected chi connectivity index (χ1v) is 8.21. The van der Waals surface area contributed by atoms with E-state index in [1.54, 1.807) is 0 Å². The van der Waals surface area contributed by atoms with E-state index in [9.17, 15) is 0 Å². The maximum absolute atomic E-state index is 3.58. The summed E-state index contributed by atoms with van der Waals surface area (Å²) in [5, 5.41) is 3.58. The quantitative estimate of drug-likeness (QED) is 0.620. The van der Waals surface area contributed by atoms with Crippen molar-refractivity contribution in [1.82, 2.24) is 5.32 Å². The molecule has 1 saturated carbocycles.